The highest BCUT2D eigenvalue weighted by Gasteiger charge is 2.07. The van der Waals surface area contributed by atoms with Gasteiger partial charge in [0.2, 0.25) is 0 Å². The molecular formula is C9H10N2O2. The van der Waals surface area contributed by atoms with Crippen LogP contribution in [0.2, 0.25) is 0 Å². The lowest BCUT2D eigenvalue weighted by atomic mass is 10.3. The summed E-state index contributed by atoms with van der Waals surface area (Å²) in [5.74, 6) is 0. The van der Waals surface area contributed by atoms with Crippen molar-refractivity contribution < 1.29 is 4.92 Å². The molecule has 0 saturated heterocycles. The average Bonchev–Trinajstić information content (AvgIpc) is 2.56. The fraction of sp³-hybridized carbons (Fsp3) is 0.222. The molecule has 0 saturated carbocycles. The van der Waals surface area contributed by atoms with Crippen molar-refractivity contribution in [1.82, 2.24) is 0 Å². The Hall–Kier alpha value is -1.71. The summed E-state index contributed by atoms with van der Waals surface area (Å²) in [5, 5.41) is 10.5. The van der Waals surface area contributed by atoms with Gasteiger partial charge in [-0.25, -0.2) is 0 Å². The largest absolute Gasteiger partial charge is 0.281 e. The molecular weight excluding hydrogens is 168 g/mol. The van der Waals surface area contributed by atoms with Gasteiger partial charge in [0.1, 0.15) is 0 Å². The molecule has 4 nitrogen and oxygen atoms in total. The molecule has 13 heavy (non-hydrogen) atoms. The molecule has 0 aromatic carbocycles. The van der Waals surface area contributed by atoms with Crippen molar-refractivity contribution in [2.75, 3.05) is 6.54 Å². The van der Waals surface area contributed by atoms with Crippen LogP contribution in [0.3, 0.4) is 0 Å². The van der Waals surface area contributed by atoms with Gasteiger partial charge < -0.3 is 0 Å². The van der Waals surface area contributed by atoms with E-state index in [9.17, 15) is 10.1 Å². The number of allylic oxidation sites excluding steroid dienone is 4. The minimum Gasteiger partial charge on any atom is -0.281 e. The van der Waals surface area contributed by atoms with Gasteiger partial charge in [0.15, 0.2) is 0 Å². The summed E-state index contributed by atoms with van der Waals surface area (Å²) in [4.78, 5) is 14.1. The van der Waals surface area contributed by atoms with Gasteiger partial charge in [-0.15, -0.1) is 0 Å². The Kier molecular flexibility index (Phi) is 3.14. The first-order valence-electron chi connectivity index (χ1n) is 3.94. The van der Waals surface area contributed by atoms with E-state index in [2.05, 4.69) is 4.99 Å². The van der Waals surface area contributed by atoms with Crippen LogP contribution in [-0.2, 0) is 0 Å². The van der Waals surface area contributed by atoms with Crippen LogP contribution in [0, 0.1) is 10.1 Å². The van der Waals surface area contributed by atoms with E-state index >= 15 is 0 Å². The van der Waals surface area contributed by atoms with Crippen molar-refractivity contribution >= 4 is 5.71 Å². The van der Waals surface area contributed by atoms with Crippen LogP contribution in [0.5, 0.6) is 0 Å². The summed E-state index contributed by atoms with van der Waals surface area (Å²) in [7, 11) is 0. The van der Waals surface area contributed by atoms with Crippen molar-refractivity contribution in [2.24, 2.45) is 4.99 Å². The SMILES string of the molecule is C/C=C\C(=C/C1=NCC=C1)[N+](=O)[O-]. The van der Waals surface area contributed by atoms with Gasteiger partial charge in [-0.2, -0.15) is 0 Å². The smallest absolute Gasteiger partial charge is 0.271 e. The second-order valence-corrected chi connectivity index (χ2v) is 2.49. The summed E-state index contributed by atoms with van der Waals surface area (Å²) in [5.41, 5.74) is 0.720. The predicted octanol–water partition coefficient (Wildman–Crippen LogP) is 1.73. The normalized spacial score (nSPS) is 16.7. The standard InChI is InChI=1S/C9H10N2O2/c1-2-4-9(11(12)13)7-8-5-3-6-10-8/h2-5,7H,6H2,1H3/b4-2-,9-7+. The lowest BCUT2D eigenvalue weighted by Crippen LogP contribution is -1.98. The zero-order chi connectivity index (χ0) is 9.68. The Labute approximate surface area is 76.1 Å². The quantitative estimate of drug-likeness (QED) is 0.375. The van der Waals surface area contributed by atoms with Crippen LogP contribution in [0.15, 0.2) is 41.1 Å². The number of rotatable bonds is 3. The summed E-state index contributed by atoms with van der Waals surface area (Å²) in [6.45, 7) is 2.36. The van der Waals surface area contributed by atoms with E-state index in [0.29, 0.717) is 12.3 Å². The molecule has 0 bridgehead atoms. The first-order chi connectivity index (χ1) is 6.24. The molecule has 0 radical (unpaired) electrons. The van der Waals surface area contributed by atoms with E-state index in [1.165, 1.54) is 12.2 Å². The van der Waals surface area contributed by atoms with Gasteiger partial charge in [-0.3, -0.25) is 15.1 Å². The second kappa shape index (κ2) is 4.35. The third kappa shape index (κ3) is 2.66. The Morgan fingerprint density at radius 1 is 1.77 bits per heavy atom. The van der Waals surface area contributed by atoms with E-state index < -0.39 is 4.92 Å². The highest BCUT2D eigenvalue weighted by atomic mass is 16.6. The van der Waals surface area contributed by atoms with Crippen molar-refractivity contribution in [3.8, 4) is 0 Å². The van der Waals surface area contributed by atoms with Crippen LogP contribution in [0.25, 0.3) is 0 Å². The molecule has 1 heterocycles. The fourth-order valence-electron chi connectivity index (χ4n) is 0.962. The topological polar surface area (TPSA) is 55.5 Å². The van der Waals surface area contributed by atoms with Crippen LogP contribution >= 0.6 is 0 Å². The molecule has 68 valence electrons. The minimum absolute atomic E-state index is 0.0628. The molecule has 1 aliphatic heterocycles. The molecule has 0 spiro atoms. The van der Waals surface area contributed by atoms with Crippen molar-refractivity contribution in [3.05, 3.63) is 46.2 Å². The molecule has 4 heteroatoms. The zero-order valence-electron chi connectivity index (χ0n) is 7.30. The molecule has 0 amide bonds. The Morgan fingerprint density at radius 2 is 2.54 bits per heavy atom. The molecule has 0 aromatic rings. The van der Waals surface area contributed by atoms with Crippen molar-refractivity contribution in [3.63, 3.8) is 0 Å². The molecule has 0 N–H and O–H groups in total. The predicted molar refractivity (Wildman–Crippen MR) is 51.3 cm³/mol. The Bertz CT molecular complexity index is 325. The number of nitro groups is 1. The molecule has 0 fully saturated rings. The maximum Gasteiger partial charge on any atom is 0.271 e. The lowest BCUT2D eigenvalue weighted by Gasteiger charge is -1.90. The molecule has 0 unspecified atom stereocenters. The van der Waals surface area contributed by atoms with Crippen LogP contribution in [0.1, 0.15) is 6.92 Å². The summed E-state index contributed by atoms with van der Waals surface area (Å²) < 4.78 is 0. The molecule has 1 rings (SSSR count). The van der Waals surface area contributed by atoms with Gasteiger partial charge in [0.25, 0.3) is 5.70 Å². The molecule has 0 aromatic heterocycles. The first-order valence-corrected chi connectivity index (χ1v) is 3.94. The maximum absolute atomic E-state index is 10.5. The zero-order valence-corrected chi connectivity index (χ0v) is 7.30. The van der Waals surface area contributed by atoms with E-state index in [1.54, 1.807) is 19.1 Å². The number of nitrogens with zero attached hydrogens (tertiary/aromatic N) is 2. The Balaban J connectivity index is 2.85. The van der Waals surface area contributed by atoms with Crippen molar-refractivity contribution in [2.45, 2.75) is 6.92 Å². The third-order valence-electron chi connectivity index (χ3n) is 1.51. The number of hydrogen-bond acceptors (Lipinski definition) is 3. The van der Waals surface area contributed by atoms with Gasteiger partial charge in [0, 0.05) is 12.2 Å². The highest BCUT2D eigenvalue weighted by Crippen LogP contribution is 2.03. The van der Waals surface area contributed by atoms with E-state index in [0.717, 1.165) is 0 Å². The van der Waals surface area contributed by atoms with Gasteiger partial charge in [-0.1, -0.05) is 12.2 Å². The molecule has 1 aliphatic rings. The number of hydrogen-bond donors (Lipinski definition) is 0. The van der Waals surface area contributed by atoms with Gasteiger partial charge in [-0.05, 0) is 13.0 Å². The maximum atomic E-state index is 10.5. The Morgan fingerprint density at radius 3 is 3.00 bits per heavy atom. The third-order valence-corrected chi connectivity index (χ3v) is 1.51. The highest BCUT2D eigenvalue weighted by molar-refractivity contribution is 6.05. The fourth-order valence-corrected chi connectivity index (χ4v) is 0.962. The van der Waals surface area contributed by atoms with Crippen LogP contribution in [0.4, 0.5) is 0 Å². The van der Waals surface area contributed by atoms with Crippen molar-refractivity contribution in [1.29, 1.82) is 0 Å². The minimum atomic E-state index is -0.422. The van der Waals surface area contributed by atoms with Gasteiger partial charge >= 0.3 is 0 Å². The first kappa shape index (κ1) is 9.38. The van der Waals surface area contributed by atoms with E-state index in [-0.39, 0.29) is 5.70 Å². The summed E-state index contributed by atoms with van der Waals surface area (Å²) in [6, 6.07) is 0. The lowest BCUT2D eigenvalue weighted by molar-refractivity contribution is -0.418. The summed E-state index contributed by atoms with van der Waals surface area (Å²) in [6.07, 6.45) is 8.18. The second-order valence-electron chi connectivity index (χ2n) is 2.49. The number of aliphatic imine (C=N–C) groups is 1. The summed E-state index contributed by atoms with van der Waals surface area (Å²) >= 11 is 0. The van der Waals surface area contributed by atoms with Crippen LogP contribution in [-0.4, -0.2) is 17.2 Å². The van der Waals surface area contributed by atoms with Gasteiger partial charge in [0.05, 0.1) is 17.2 Å². The van der Waals surface area contributed by atoms with E-state index in [1.807, 2.05) is 6.08 Å². The van der Waals surface area contributed by atoms with E-state index in [4.69, 9.17) is 0 Å². The molecule has 0 atom stereocenters. The average molecular weight is 178 g/mol. The monoisotopic (exact) mass is 178 g/mol. The molecule has 0 aliphatic carbocycles. The van der Waals surface area contributed by atoms with Crippen LogP contribution < -0.4 is 0 Å².